The average Bonchev–Trinajstić information content (AvgIpc) is 3.10. The lowest BCUT2D eigenvalue weighted by atomic mass is 9.71. The number of nitrogens with zero attached hydrogens (tertiary/aromatic N) is 3. The van der Waals surface area contributed by atoms with Crippen LogP contribution in [0.2, 0.25) is 0 Å². The Kier molecular flexibility index (Phi) is 3.95. The highest BCUT2D eigenvalue weighted by Gasteiger charge is 2.42. The zero-order valence-corrected chi connectivity index (χ0v) is 13.6. The maximum Gasteiger partial charge on any atom is 0.0700 e. The molecule has 2 fully saturated rings. The van der Waals surface area contributed by atoms with E-state index >= 15 is 0 Å². The van der Waals surface area contributed by atoms with Gasteiger partial charge in [0.05, 0.1) is 11.3 Å². The second-order valence-electron chi connectivity index (χ2n) is 7.15. The van der Waals surface area contributed by atoms with E-state index in [1.54, 1.807) is 6.20 Å². The van der Waals surface area contributed by atoms with Crippen LogP contribution in [-0.2, 0) is 6.54 Å². The summed E-state index contributed by atoms with van der Waals surface area (Å²) in [5.41, 5.74) is 2.06. The lowest BCUT2D eigenvalue weighted by Crippen LogP contribution is -2.52. The van der Waals surface area contributed by atoms with Crippen LogP contribution < -0.4 is 0 Å². The van der Waals surface area contributed by atoms with Gasteiger partial charge < -0.3 is 5.11 Å². The number of piperidine rings is 1. The maximum atomic E-state index is 10.8. The van der Waals surface area contributed by atoms with Gasteiger partial charge in [-0.15, -0.1) is 0 Å². The van der Waals surface area contributed by atoms with Gasteiger partial charge in [-0.1, -0.05) is 25.0 Å². The van der Waals surface area contributed by atoms with Crippen LogP contribution in [0.25, 0.3) is 5.69 Å². The summed E-state index contributed by atoms with van der Waals surface area (Å²) < 4.78 is 1.88. The van der Waals surface area contributed by atoms with Gasteiger partial charge in [-0.3, -0.25) is 4.90 Å². The summed E-state index contributed by atoms with van der Waals surface area (Å²) in [6, 6.07) is 10.6. The molecule has 1 aliphatic heterocycles. The molecule has 0 radical (unpaired) electrons. The van der Waals surface area contributed by atoms with Crippen LogP contribution >= 0.6 is 0 Å². The number of hydrogen-bond acceptors (Lipinski definition) is 3. The first kappa shape index (κ1) is 14.9. The van der Waals surface area contributed by atoms with Crippen LogP contribution in [-0.4, -0.2) is 38.5 Å². The monoisotopic (exact) mass is 311 g/mol. The Morgan fingerprint density at radius 1 is 1.17 bits per heavy atom. The van der Waals surface area contributed by atoms with Crippen molar-refractivity contribution in [3.8, 4) is 5.69 Å². The summed E-state index contributed by atoms with van der Waals surface area (Å²) in [4.78, 5) is 2.51. The third kappa shape index (κ3) is 3.06. The molecule has 2 heterocycles. The van der Waals surface area contributed by atoms with Crippen LogP contribution in [0.1, 0.15) is 37.7 Å². The molecule has 0 spiro atoms. The predicted molar refractivity (Wildman–Crippen MR) is 90.4 cm³/mol. The molecule has 2 atom stereocenters. The van der Waals surface area contributed by atoms with Gasteiger partial charge in [-0.05, 0) is 43.0 Å². The van der Waals surface area contributed by atoms with Crippen molar-refractivity contribution in [3.05, 3.63) is 48.3 Å². The van der Waals surface area contributed by atoms with Gasteiger partial charge in [0.15, 0.2) is 0 Å². The molecule has 1 saturated heterocycles. The van der Waals surface area contributed by atoms with Crippen LogP contribution in [0.15, 0.2) is 42.7 Å². The predicted octanol–water partition coefficient (Wildman–Crippen LogP) is 3.00. The molecule has 1 N–H and O–H groups in total. The van der Waals surface area contributed by atoms with E-state index < -0.39 is 0 Å². The first-order valence-corrected chi connectivity index (χ1v) is 8.77. The normalized spacial score (nSPS) is 28.5. The minimum absolute atomic E-state index is 0.376. The fourth-order valence-electron chi connectivity index (χ4n) is 4.22. The van der Waals surface area contributed by atoms with Gasteiger partial charge in [-0.2, -0.15) is 5.10 Å². The quantitative estimate of drug-likeness (QED) is 0.947. The Balaban J connectivity index is 1.40. The number of likely N-dealkylation sites (tertiary alicyclic amines) is 1. The van der Waals surface area contributed by atoms with E-state index in [0.717, 1.165) is 38.2 Å². The molecule has 1 saturated carbocycles. The number of rotatable bonds is 3. The topological polar surface area (TPSA) is 41.3 Å². The number of fused-ring (bicyclic) bond motifs is 1. The fraction of sp³-hybridized carbons (Fsp3) is 0.526. The molecule has 4 heteroatoms. The van der Waals surface area contributed by atoms with Gasteiger partial charge in [0.2, 0.25) is 0 Å². The van der Waals surface area contributed by atoms with E-state index in [0.29, 0.717) is 5.92 Å². The molecule has 1 aromatic carbocycles. The number of aromatic nitrogens is 2. The van der Waals surface area contributed by atoms with Gasteiger partial charge in [0.25, 0.3) is 0 Å². The lowest BCUT2D eigenvalue weighted by molar-refractivity contribution is -0.0967. The molecule has 2 aliphatic rings. The van der Waals surface area contributed by atoms with Crippen molar-refractivity contribution >= 4 is 0 Å². The van der Waals surface area contributed by atoms with Crippen molar-refractivity contribution in [2.45, 2.75) is 44.2 Å². The van der Waals surface area contributed by atoms with E-state index in [1.807, 2.05) is 16.9 Å². The van der Waals surface area contributed by atoms with E-state index in [9.17, 15) is 5.11 Å². The van der Waals surface area contributed by atoms with Crippen molar-refractivity contribution in [1.29, 1.82) is 0 Å². The third-order valence-corrected chi connectivity index (χ3v) is 5.62. The first-order chi connectivity index (χ1) is 11.2. The molecule has 2 unspecified atom stereocenters. The molecule has 23 heavy (non-hydrogen) atoms. The van der Waals surface area contributed by atoms with Crippen LogP contribution in [0.4, 0.5) is 0 Å². The Hall–Kier alpha value is -1.65. The van der Waals surface area contributed by atoms with Crippen molar-refractivity contribution in [2.24, 2.45) is 5.92 Å². The maximum absolute atomic E-state index is 10.8. The molecular weight excluding hydrogens is 286 g/mol. The summed E-state index contributed by atoms with van der Waals surface area (Å²) in [5, 5.41) is 15.0. The standard InChI is InChI=1S/C19H25N3O/c23-19-9-2-1-4-17(19)15-21(13-10-19)14-16-5-7-18(8-6-16)22-12-3-11-20-22/h3,5-8,11-12,17,23H,1-2,4,9-10,13-15H2. The molecule has 1 aromatic heterocycles. The molecule has 4 nitrogen and oxygen atoms in total. The number of hydrogen-bond donors (Lipinski definition) is 1. The van der Waals surface area contributed by atoms with Crippen LogP contribution in [0.5, 0.6) is 0 Å². The number of benzene rings is 1. The SMILES string of the molecule is OC12CCCCC1CN(Cc1ccc(-n3cccn3)cc1)CC2. The van der Waals surface area contributed by atoms with Gasteiger partial charge >= 0.3 is 0 Å². The highest BCUT2D eigenvalue weighted by Crippen LogP contribution is 2.40. The van der Waals surface area contributed by atoms with E-state index in [1.165, 1.54) is 24.8 Å². The van der Waals surface area contributed by atoms with Gasteiger partial charge in [-0.25, -0.2) is 4.68 Å². The van der Waals surface area contributed by atoms with Crippen LogP contribution in [0.3, 0.4) is 0 Å². The fourth-order valence-corrected chi connectivity index (χ4v) is 4.22. The zero-order valence-electron chi connectivity index (χ0n) is 13.6. The summed E-state index contributed by atoms with van der Waals surface area (Å²) >= 11 is 0. The Labute approximate surface area is 137 Å². The van der Waals surface area contributed by atoms with Crippen molar-refractivity contribution in [2.75, 3.05) is 13.1 Å². The van der Waals surface area contributed by atoms with Crippen LogP contribution in [0, 0.1) is 5.92 Å². The molecule has 0 amide bonds. The minimum Gasteiger partial charge on any atom is -0.390 e. The number of aliphatic hydroxyl groups is 1. The molecule has 122 valence electrons. The molecule has 0 bridgehead atoms. The Bertz CT molecular complexity index is 637. The van der Waals surface area contributed by atoms with E-state index in [-0.39, 0.29) is 5.60 Å². The first-order valence-electron chi connectivity index (χ1n) is 8.77. The molecule has 1 aliphatic carbocycles. The highest BCUT2D eigenvalue weighted by molar-refractivity contribution is 5.33. The minimum atomic E-state index is -0.376. The largest absolute Gasteiger partial charge is 0.390 e. The molecule has 2 aromatic rings. The Morgan fingerprint density at radius 3 is 2.83 bits per heavy atom. The van der Waals surface area contributed by atoms with Crippen molar-refractivity contribution < 1.29 is 5.11 Å². The molecule has 4 rings (SSSR count). The summed E-state index contributed by atoms with van der Waals surface area (Å²) in [5.74, 6) is 0.466. The Morgan fingerprint density at radius 2 is 2.04 bits per heavy atom. The van der Waals surface area contributed by atoms with E-state index in [4.69, 9.17) is 0 Å². The van der Waals surface area contributed by atoms with Crippen molar-refractivity contribution in [1.82, 2.24) is 14.7 Å². The summed E-state index contributed by atoms with van der Waals surface area (Å²) in [6.07, 6.45) is 9.36. The third-order valence-electron chi connectivity index (χ3n) is 5.62. The zero-order chi connectivity index (χ0) is 15.7. The van der Waals surface area contributed by atoms with Crippen molar-refractivity contribution in [3.63, 3.8) is 0 Å². The average molecular weight is 311 g/mol. The van der Waals surface area contributed by atoms with Gasteiger partial charge in [0, 0.05) is 37.9 Å². The smallest absolute Gasteiger partial charge is 0.0700 e. The summed E-state index contributed by atoms with van der Waals surface area (Å²) in [7, 11) is 0. The highest BCUT2D eigenvalue weighted by atomic mass is 16.3. The van der Waals surface area contributed by atoms with E-state index in [2.05, 4.69) is 34.3 Å². The second-order valence-corrected chi connectivity index (χ2v) is 7.15. The summed E-state index contributed by atoms with van der Waals surface area (Å²) in [6.45, 7) is 3.03. The van der Waals surface area contributed by atoms with Gasteiger partial charge in [0.1, 0.15) is 0 Å². The lowest BCUT2D eigenvalue weighted by Gasteiger charge is -2.47. The molecular formula is C19H25N3O. The second kappa shape index (κ2) is 6.10.